The number of halogens is 1. The number of carbonyl (C=O) groups is 1. The molecule has 0 aromatic heterocycles. The second-order valence-electron chi connectivity index (χ2n) is 1.95. The van der Waals surface area contributed by atoms with Gasteiger partial charge in [-0.3, -0.25) is 0 Å². The lowest BCUT2D eigenvalue weighted by Gasteiger charge is -2.25. The van der Waals surface area contributed by atoms with E-state index in [4.69, 9.17) is 9.84 Å². The minimum atomic E-state index is -1.80. The van der Waals surface area contributed by atoms with E-state index in [1.165, 1.54) is 0 Å². The summed E-state index contributed by atoms with van der Waals surface area (Å²) in [6.45, 7) is 0.941. The molecule has 1 unspecified atom stereocenters. The Morgan fingerprint density at radius 1 is 1.80 bits per heavy atom. The topological polar surface area (TPSA) is 46.5 Å². The fourth-order valence-electron chi connectivity index (χ4n) is 0.520. The Kier molecular flexibility index (Phi) is 2.50. The Hall–Kier alpha value is -0.290. The maximum atomic E-state index is 12.3. The van der Waals surface area contributed by atoms with Crippen LogP contribution in [0.15, 0.2) is 0 Å². The molecule has 3 nitrogen and oxygen atoms in total. The number of aliphatic carboxylic acids is 1. The molecule has 1 atom stereocenters. The van der Waals surface area contributed by atoms with E-state index in [1.807, 2.05) is 0 Å². The molecule has 1 N–H and O–H groups in total. The molecule has 1 saturated heterocycles. The van der Waals surface area contributed by atoms with Gasteiger partial charge in [0.25, 0.3) is 0 Å². The summed E-state index contributed by atoms with van der Waals surface area (Å²) in [6.07, 6.45) is 0. The second kappa shape index (κ2) is 3.21. The van der Waals surface area contributed by atoms with E-state index < -0.39 is 11.5 Å². The fourth-order valence-corrected chi connectivity index (χ4v) is 1.32. The van der Waals surface area contributed by atoms with Crippen LogP contribution < -0.4 is 0 Å². The molecule has 0 amide bonds. The van der Waals surface area contributed by atoms with Gasteiger partial charge in [-0.15, -0.1) is 11.8 Å². The normalized spacial score (nSPS) is 21.7. The maximum absolute atomic E-state index is 12.3. The Bertz CT molecular complexity index is 137. The summed E-state index contributed by atoms with van der Waals surface area (Å²) in [7, 11) is 0. The van der Waals surface area contributed by atoms with Crippen molar-refractivity contribution in [1.82, 2.24) is 0 Å². The molecule has 58 valence electrons. The molecule has 0 spiro atoms. The highest BCUT2D eigenvalue weighted by atomic mass is 32.2. The first-order chi connectivity index (χ1) is 4.70. The van der Waals surface area contributed by atoms with E-state index in [-0.39, 0.29) is 5.25 Å². The van der Waals surface area contributed by atoms with Crippen LogP contribution in [0.25, 0.3) is 0 Å². The van der Waals surface area contributed by atoms with Crippen LogP contribution in [0.4, 0.5) is 4.39 Å². The van der Waals surface area contributed by atoms with Gasteiger partial charge in [0, 0.05) is 0 Å². The summed E-state index contributed by atoms with van der Waals surface area (Å²) < 4.78 is 17.0. The van der Waals surface area contributed by atoms with Gasteiger partial charge in [0.05, 0.1) is 18.5 Å². The first-order valence-electron chi connectivity index (χ1n) is 2.80. The first-order valence-corrected chi connectivity index (χ1v) is 3.74. The van der Waals surface area contributed by atoms with Crippen LogP contribution >= 0.6 is 11.8 Å². The molecule has 5 heteroatoms. The molecule has 0 aromatic carbocycles. The van der Waals surface area contributed by atoms with E-state index in [0.717, 1.165) is 11.8 Å². The second-order valence-corrected chi connectivity index (χ2v) is 3.30. The number of thioether (sulfide) groups is 1. The van der Waals surface area contributed by atoms with Crippen molar-refractivity contribution in [3.8, 4) is 0 Å². The van der Waals surface area contributed by atoms with Crippen LogP contribution in [0.5, 0.6) is 0 Å². The summed E-state index contributed by atoms with van der Waals surface area (Å²) in [5, 5.41) is 8.15. The summed E-state index contributed by atoms with van der Waals surface area (Å²) in [5.74, 6) is -1.41. The Labute approximate surface area is 61.6 Å². The lowest BCUT2D eigenvalue weighted by molar-refractivity contribution is -0.139. The van der Waals surface area contributed by atoms with Crippen molar-refractivity contribution >= 4 is 17.7 Å². The molecule has 1 rings (SSSR count). The predicted octanol–water partition coefficient (Wildman–Crippen LogP) is 0.499. The van der Waals surface area contributed by atoms with Crippen molar-refractivity contribution in [2.24, 2.45) is 0 Å². The number of carboxylic acid groups (broad SMARTS) is 1. The highest BCUT2D eigenvalue weighted by Crippen LogP contribution is 2.24. The summed E-state index contributed by atoms with van der Waals surface area (Å²) in [6, 6.07) is 0. The number of hydrogen-bond acceptors (Lipinski definition) is 3. The molecular weight excluding hydrogens is 159 g/mol. The summed E-state index contributed by atoms with van der Waals surface area (Å²) >= 11 is 0.803. The van der Waals surface area contributed by atoms with Crippen molar-refractivity contribution < 1.29 is 19.0 Å². The largest absolute Gasteiger partial charge is 0.478 e. The SMILES string of the molecule is O=C(O)C(F)SC1COC1. The van der Waals surface area contributed by atoms with Crippen molar-refractivity contribution in [1.29, 1.82) is 0 Å². The zero-order valence-electron chi connectivity index (χ0n) is 5.12. The van der Waals surface area contributed by atoms with Gasteiger partial charge in [-0.1, -0.05) is 0 Å². The van der Waals surface area contributed by atoms with E-state index in [0.29, 0.717) is 13.2 Å². The van der Waals surface area contributed by atoms with Crippen LogP contribution in [0.1, 0.15) is 0 Å². The zero-order valence-corrected chi connectivity index (χ0v) is 5.94. The standard InChI is InChI=1S/C5H7FO3S/c6-4(5(7)8)10-3-1-9-2-3/h3-4H,1-2H2,(H,7,8). The molecule has 0 saturated carbocycles. The Balaban J connectivity index is 2.16. The fraction of sp³-hybridized carbons (Fsp3) is 0.800. The van der Waals surface area contributed by atoms with Gasteiger partial charge in [0.15, 0.2) is 0 Å². The lowest BCUT2D eigenvalue weighted by atomic mass is 10.4. The van der Waals surface area contributed by atoms with Crippen molar-refractivity contribution in [3.05, 3.63) is 0 Å². The van der Waals surface area contributed by atoms with Crippen LogP contribution in [-0.4, -0.2) is 35.0 Å². The highest BCUT2D eigenvalue weighted by molar-refractivity contribution is 8.01. The van der Waals surface area contributed by atoms with Crippen molar-refractivity contribution in [3.63, 3.8) is 0 Å². The third kappa shape index (κ3) is 1.85. The molecule has 1 aliphatic heterocycles. The maximum Gasteiger partial charge on any atom is 0.348 e. The number of hydrogen-bond donors (Lipinski definition) is 1. The van der Waals surface area contributed by atoms with Crippen molar-refractivity contribution in [2.45, 2.75) is 10.8 Å². The average molecular weight is 166 g/mol. The third-order valence-electron chi connectivity index (χ3n) is 1.11. The van der Waals surface area contributed by atoms with Gasteiger partial charge in [0.1, 0.15) is 0 Å². The summed E-state index contributed by atoms with van der Waals surface area (Å²) in [4.78, 5) is 9.94. The van der Waals surface area contributed by atoms with Crippen LogP contribution in [0, 0.1) is 0 Å². The molecule has 1 aliphatic rings. The van der Waals surface area contributed by atoms with Gasteiger partial charge >= 0.3 is 5.97 Å². The molecular formula is C5H7FO3S. The number of rotatable bonds is 3. The molecule has 1 heterocycles. The zero-order chi connectivity index (χ0) is 7.56. The van der Waals surface area contributed by atoms with Gasteiger partial charge in [-0.2, -0.15) is 0 Å². The van der Waals surface area contributed by atoms with Crippen molar-refractivity contribution in [2.75, 3.05) is 13.2 Å². The van der Waals surface area contributed by atoms with E-state index in [2.05, 4.69) is 0 Å². The molecule has 0 aromatic rings. The average Bonchev–Trinajstić information content (AvgIpc) is 1.77. The first kappa shape index (κ1) is 7.81. The molecule has 0 bridgehead atoms. The highest BCUT2D eigenvalue weighted by Gasteiger charge is 2.27. The summed E-state index contributed by atoms with van der Waals surface area (Å²) in [5.41, 5.74) is -1.80. The van der Waals surface area contributed by atoms with Gasteiger partial charge in [-0.25, -0.2) is 9.18 Å². The quantitative estimate of drug-likeness (QED) is 0.663. The lowest BCUT2D eigenvalue weighted by Crippen LogP contribution is -2.33. The monoisotopic (exact) mass is 166 g/mol. The molecule has 0 aliphatic carbocycles. The number of alkyl halides is 1. The third-order valence-corrected chi connectivity index (χ3v) is 2.21. The van der Waals surface area contributed by atoms with E-state index in [1.54, 1.807) is 0 Å². The molecule has 10 heavy (non-hydrogen) atoms. The molecule has 0 radical (unpaired) electrons. The minimum absolute atomic E-state index is 0.0334. The van der Waals surface area contributed by atoms with Crippen LogP contribution in [0.3, 0.4) is 0 Å². The smallest absolute Gasteiger partial charge is 0.348 e. The number of ether oxygens (including phenoxy) is 1. The Morgan fingerprint density at radius 3 is 2.70 bits per heavy atom. The van der Waals surface area contributed by atoms with Crippen LogP contribution in [0.2, 0.25) is 0 Å². The molecule has 1 fully saturated rings. The van der Waals surface area contributed by atoms with E-state index in [9.17, 15) is 9.18 Å². The Morgan fingerprint density at radius 2 is 2.40 bits per heavy atom. The number of carboxylic acids is 1. The van der Waals surface area contributed by atoms with Gasteiger partial charge < -0.3 is 9.84 Å². The predicted molar refractivity (Wildman–Crippen MR) is 34.7 cm³/mol. The van der Waals surface area contributed by atoms with E-state index >= 15 is 0 Å². The van der Waals surface area contributed by atoms with Crippen LogP contribution in [-0.2, 0) is 9.53 Å². The minimum Gasteiger partial charge on any atom is -0.478 e. The van der Waals surface area contributed by atoms with Gasteiger partial charge in [0.2, 0.25) is 5.50 Å². The van der Waals surface area contributed by atoms with Gasteiger partial charge in [-0.05, 0) is 0 Å².